The van der Waals surface area contributed by atoms with Crippen LogP contribution in [0.2, 0.25) is 15.1 Å². The molecule has 1 aliphatic heterocycles. The number of nitriles is 1. The number of carbonyl (C=O) groups excluding carboxylic acids is 2. The summed E-state index contributed by atoms with van der Waals surface area (Å²) in [7, 11) is 0. The predicted molar refractivity (Wildman–Crippen MR) is 155 cm³/mol. The number of ketones is 1. The maximum atomic E-state index is 13.3. The molecule has 2 heterocycles. The van der Waals surface area contributed by atoms with Crippen LogP contribution in [-0.4, -0.2) is 27.6 Å². The summed E-state index contributed by atoms with van der Waals surface area (Å²) in [6.07, 6.45) is 1.50. The first-order chi connectivity index (χ1) is 18.8. The highest BCUT2D eigenvalue weighted by atomic mass is 35.5. The number of halogens is 3. The molecule has 1 aliphatic carbocycles. The largest absolute Gasteiger partial charge is 0.384 e. The maximum absolute atomic E-state index is 13.3. The lowest BCUT2D eigenvalue weighted by Crippen LogP contribution is -2.38. The molecule has 0 spiro atoms. The summed E-state index contributed by atoms with van der Waals surface area (Å²) >= 11 is 21.4. The Labute approximate surface area is 247 Å². The molecule has 2 aliphatic rings. The van der Waals surface area contributed by atoms with E-state index in [1.807, 2.05) is 0 Å². The Morgan fingerprint density at radius 1 is 1.18 bits per heavy atom. The van der Waals surface area contributed by atoms with Crippen molar-refractivity contribution in [1.29, 1.82) is 5.26 Å². The predicted octanol–water partition coefficient (Wildman–Crippen LogP) is 6.53. The molecule has 3 aromatic rings. The van der Waals surface area contributed by atoms with Gasteiger partial charge in [0.05, 0.1) is 23.3 Å². The van der Waals surface area contributed by atoms with E-state index in [1.54, 1.807) is 47.4 Å². The highest BCUT2D eigenvalue weighted by molar-refractivity contribution is 8.01. The van der Waals surface area contributed by atoms with E-state index < -0.39 is 5.92 Å². The number of benzene rings is 2. The molecular weight excluding hydrogens is 599 g/mol. The number of rotatable bonds is 6. The molecule has 1 unspecified atom stereocenters. The molecule has 0 fully saturated rings. The first kappa shape index (κ1) is 27.5. The number of hydrogen-bond acceptors (Lipinski definition) is 9. The summed E-state index contributed by atoms with van der Waals surface area (Å²) < 4.78 is 0.526. The Hall–Kier alpha value is -3.07. The topological polar surface area (TPSA) is 125 Å². The quantitative estimate of drug-likeness (QED) is 0.299. The molecule has 1 amide bonds. The van der Waals surface area contributed by atoms with Crippen molar-refractivity contribution in [2.75, 3.05) is 16.0 Å². The highest BCUT2D eigenvalue weighted by Gasteiger charge is 2.42. The van der Waals surface area contributed by atoms with Gasteiger partial charge < -0.3 is 11.1 Å². The number of hydrogen-bond donors (Lipinski definition) is 2. The second-order valence-corrected chi connectivity index (χ2v) is 12.1. The fourth-order valence-electron chi connectivity index (χ4n) is 4.62. The number of thioether (sulfide) groups is 1. The zero-order valence-electron chi connectivity index (χ0n) is 20.1. The van der Waals surface area contributed by atoms with Crippen LogP contribution in [0.3, 0.4) is 0 Å². The number of Topliss-reactive ketones (excluding diaryl/α,β-unsaturated/α-hetero) is 1. The minimum absolute atomic E-state index is 0.0927. The van der Waals surface area contributed by atoms with E-state index in [1.165, 1.54) is 23.1 Å². The van der Waals surface area contributed by atoms with E-state index in [0.717, 1.165) is 0 Å². The number of amides is 1. The number of nitrogens with one attached hydrogen (secondary N) is 1. The van der Waals surface area contributed by atoms with Gasteiger partial charge in [0.25, 0.3) is 0 Å². The molecule has 3 N–H and O–H groups in total. The van der Waals surface area contributed by atoms with Crippen LogP contribution in [0.1, 0.15) is 30.7 Å². The molecule has 0 saturated carbocycles. The summed E-state index contributed by atoms with van der Waals surface area (Å²) in [5, 5.41) is 23.1. The number of allylic oxidation sites excluding steroid dienone is 3. The number of nitrogens with zero attached hydrogens (tertiary/aromatic N) is 4. The van der Waals surface area contributed by atoms with Crippen molar-refractivity contribution in [1.82, 2.24) is 10.2 Å². The SMILES string of the molecule is N#CC1=C(N)N(c2nnc(SCC(=O)Nc3cccc(Cl)c3)s2)C2=C(C(=O)CCC2)C1c1c(Cl)cccc1Cl. The molecule has 5 rings (SSSR count). The Balaban J connectivity index is 1.45. The summed E-state index contributed by atoms with van der Waals surface area (Å²) in [4.78, 5) is 27.4. The standard InChI is InChI=1S/C26H19Cl3N6O2S2/c27-13-4-1-5-14(10-13)32-20(37)12-38-26-34-33-25(39-26)35-18-8-3-9-19(36)23(18)21(15(11-30)24(35)31)22-16(28)6-2-7-17(22)29/h1-2,4-7,10,21H,3,8-9,12,31H2,(H,32,37). The van der Waals surface area contributed by atoms with E-state index in [2.05, 4.69) is 21.6 Å². The smallest absolute Gasteiger partial charge is 0.234 e. The van der Waals surface area contributed by atoms with Gasteiger partial charge in [-0.1, -0.05) is 70.0 Å². The monoisotopic (exact) mass is 616 g/mol. The zero-order valence-corrected chi connectivity index (χ0v) is 24.0. The average Bonchev–Trinajstić information content (AvgIpc) is 3.36. The minimum atomic E-state index is -0.785. The molecule has 39 heavy (non-hydrogen) atoms. The highest BCUT2D eigenvalue weighted by Crippen LogP contribution is 2.49. The maximum Gasteiger partial charge on any atom is 0.234 e. The van der Waals surface area contributed by atoms with Gasteiger partial charge in [-0.3, -0.25) is 14.5 Å². The van der Waals surface area contributed by atoms with Gasteiger partial charge in [-0.05, 0) is 43.2 Å². The molecule has 0 saturated heterocycles. The Morgan fingerprint density at radius 3 is 2.64 bits per heavy atom. The molecule has 8 nitrogen and oxygen atoms in total. The van der Waals surface area contributed by atoms with Crippen molar-refractivity contribution >= 4 is 80.4 Å². The third-order valence-corrected chi connectivity index (χ3v) is 9.16. The molecule has 2 aromatic carbocycles. The van der Waals surface area contributed by atoms with E-state index >= 15 is 0 Å². The first-order valence-corrected chi connectivity index (χ1v) is 14.6. The van der Waals surface area contributed by atoms with Crippen molar-refractivity contribution in [2.24, 2.45) is 5.73 Å². The molecule has 1 atom stereocenters. The molecule has 1 aromatic heterocycles. The van der Waals surface area contributed by atoms with Gasteiger partial charge in [0.2, 0.25) is 11.0 Å². The van der Waals surface area contributed by atoms with Crippen LogP contribution in [0.5, 0.6) is 0 Å². The normalized spacial score (nSPS) is 17.2. The van der Waals surface area contributed by atoms with E-state index in [-0.39, 0.29) is 28.8 Å². The van der Waals surface area contributed by atoms with Crippen LogP contribution in [0.25, 0.3) is 0 Å². The lowest BCUT2D eigenvalue weighted by Gasteiger charge is -2.38. The summed E-state index contributed by atoms with van der Waals surface area (Å²) in [5.74, 6) is -0.884. The van der Waals surface area contributed by atoms with Crippen LogP contribution >= 0.6 is 57.9 Å². The van der Waals surface area contributed by atoms with Crippen LogP contribution in [0.15, 0.2) is 69.5 Å². The second-order valence-electron chi connectivity index (χ2n) is 8.65. The van der Waals surface area contributed by atoms with Gasteiger partial charge in [0.15, 0.2) is 10.1 Å². The van der Waals surface area contributed by atoms with Crippen LogP contribution in [0.4, 0.5) is 10.8 Å². The number of nitrogens with two attached hydrogens (primary N) is 1. The van der Waals surface area contributed by atoms with E-state index in [9.17, 15) is 14.9 Å². The van der Waals surface area contributed by atoms with Crippen molar-refractivity contribution < 1.29 is 9.59 Å². The second kappa shape index (κ2) is 11.6. The van der Waals surface area contributed by atoms with E-state index in [4.69, 9.17) is 40.5 Å². The van der Waals surface area contributed by atoms with Crippen molar-refractivity contribution in [3.8, 4) is 6.07 Å². The summed E-state index contributed by atoms with van der Waals surface area (Å²) in [5.41, 5.74) is 8.89. The van der Waals surface area contributed by atoms with Gasteiger partial charge in [-0.2, -0.15) is 5.26 Å². The third kappa shape index (κ3) is 5.51. The average molecular weight is 618 g/mol. The lowest BCUT2D eigenvalue weighted by molar-refractivity contribution is -0.116. The molecule has 198 valence electrons. The molecule has 0 radical (unpaired) electrons. The minimum Gasteiger partial charge on any atom is -0.384 e. The number of anilines is 2. The van der Waals surface area contributed by atoms with Gasteiger partial charge in [0, 0.05) is 44.0 Å². The van der Waals surface area contributed by atoms with Crippen LogP contribution < -0.4 is 16.0 Å². The number of carbonyl (C=O) groups is 2. The van der Waals surface area contributed by atoms with Crippen molar-refractivity contribution in [2.45, 2.75) is 29.5 Å². The van der Waals surface area contributed by atoms with Gasteiger partial charge in [0.1, 0.15) is 5.82 Å². The van der Waals surface area contributed by atoms with E-state index in [0.29, 0.717) is 66.3 Å². The number of aromatic nitrogens is 2. The Morgan fingerprint density at radius 2 is 1.92 bits per heavy atom. The van der Waals surface area contributed by atoms with Gasteiger partial charge >= 0.3 is 0 Å². The van der Waals surface area contributed by atoms with Gasteiger partial charge in [-0.15, -0.1) is 10.2 Å². The molecule has 13 heteroatoms. The first-order valence-electron chi connectivity index (χ1n) is 11.7. The van der Waals surface area contributed by atoms with Crippen molar-refractivity contribution in [3.63, 3.8) is 0 Å². The fourth-order valence-corrected chi connectivity index (χ4v) is 7.11. The van der Waals surface area contributed by atoms with Crippen molar-refractivity contribution in [3.05, 3.63) is 85.8 Å². The third-order valence-electron chi connectivity index (χ3n) is 6.22. The van der Waals surface area contributed by atoms with Gasteiger partial charge in [-0.25, -0.2) is 0 Å². The summed E-state index contributed by atoms with van der Waals surface area (Å²) in [6.45, 7) is 0. The zero-order chi connectivity index (χ0) is 27.7. The summed E-state index contributed by atoms with van der Waals surface area (Å²) in [6, 6.07) is 14.1. The fraction of sp³-hybridized carbons (Fsp3) is 0.192. The molecular formula is C26H19Cl3N6O2S2. The lowest BCUT2D eigenvalue weighted by atomic mass is 9.75. The molecule has 0 bridgehead atoms. The van der Waals surface area contributed by atoms with Crippen LogP contribution in [0, 0.1) is 11.3 Å². The Kier molecular flexibility index (Phi) is 8.16. The van der Waals surface area contributed by atoms with Crippen LogP contribution in [-0.2, 0) is 9.59 Å². The Bertz CT molecular complexity index is 1580.